The summed E-state index contributed by atoms with van der Waals surface area (Å²) in [7, 11) is -3.76. The molecule has 0 saturated heterocycles. The van der Waals surface area contributed by atoms with Crippen molar-refractivity contribution in [3.05, 3.63) is 78.9 Å². The lowest BCUT2D eigenvalue weighted by Gasteiger charge is -2.09. The minimum Gasteiger partial charge on any atom is -0.225 e. The Balaban J connectivity index is 2.16. The monoisotopic (exact) mass is 309 g/mol. The van der Waals surface area contributed by atoms with Crippen LogP contribution < -0.4 is 5.14 Å². The second-order valence-electron chi connectivity index (χ2n) is 4.99. The van der Waals surface area contributed by atoms with E-state index in [-0.39, 0.29) is 4.90 Å². The van der Waals surface area contributed by atoms with Gasteiger partial charge < -0.3 is 0 Å². The molecule has 0 saturated carbocycles. The first-order valence-electron chi connectivity index (χ1n) is 6.83. The summed E-state index contributed by atoms with van der Waals surface area (Å²) in [6, 6.07) is 24.5. The molecule has 2 N–H and O–H groups in total. The maximum absolute atomic E-state index is 11.8. The number of hydrogen-bond acceptors (Lipinski definition) is 2. The van der Waals surface area contributed by atoms with Gasteiger partial charge in [0.2, 0.25) is 10.0 Å². The first kappa shape index (κ1) is 14.5. The Labute approximate surface area is 130 Å². The lowest BCUT2D eigenvalue weighted by molar-refractivity contribution is 0.598. The van der Waals surface area contributed by atoms with E-state index in [0.717, 1.165) is 16.7 Å². The standard InChI is InChI=1S/C18H15NO2S/c19-22(20,21)18-12-5-4-11-17(18)16-10-6-9-15(13-16)14-7-2-1-3-8-14/h1-13H,(H2,19,20,21). The lowest BCUT2D eigenvalue weighted by Crippen LogP contribution is -2.13. The topological polar surface area (TPSA) is 60.2 Å². The van der Waals surface area contributed by atoms with Gasteiger partial charge in [0.15, 0.2) is 0 Å². The molecule has 0 aromatic heterocycles. The highest BCUT2D eigenvalue weighted by molar-refractivity contribution is 7.89. The maximum Gasteiger partial charge on any atom is 0.238 e. The highest BCUT2D eigenvalue weighted by atomic mass is 32.2. The van der Waals surface area contributed by atoms with Gasteiger partial charge in [-0.15, -0.1) is 0 Å². The number of rotatable bonds is 3. The molecule has 0 spiro atoms. The largest absolute Gasteiger partial charge is 0.238 e. The summed E-state index contributed by atoms with van der Waals surface area (Å²) < 4.78 is 23.5. The van der Waals surface area contributed by atoms with E-state index in [1.165, 1.54) is 6.07 Å². The molecule has 4 heteroatoms. The zero-order valence-electron chi connectivity index (χ0n) is 11.8. The molecular weight excluding hydrogens is 294 g/mol. The van der Waals surface area contributed by atoms with Crippen molar-refractivity contribution in [2.45, 2.75) is 4.90 Å². The molecule has 3 rings (SSSR count). The zero-order chi connectivity index (χ0) is 15.6. The number of benzene rings is 3. The van der Waals surface area contributed by atoms with Crippen LogP contribution in [0.2, 0.25) is 0 Å². The molecule has 0 aliphatic rings. The van der Waals surface area contributed by atoms with E-state index in [1.807, 2.05) is 54.6 Å². The number of primary sulfonamides is 1. The third-order valence-electron chi connectivity index (χ3n) is 3.47. The van der Waals surface area contributed by atoms with Crippen molar-refractivity contribution in [1.29, 1.82) is 0 Å². The van der Waals surface area contributed by atoms with Gasteiger partial charge in [-0.2, -0.15) is 0 Å². The fourth-order valence-electron chi connectivity index (χ4n) is 2.45. The molecule has 3 aromatic carbocycles. The summed E-state index contributed by atoms with van der Waals surface area (Å²) in [5, 5.41) is 5.32. The second kappa shape index (κ2) is 5.75. The van der Waals surface area contributed by atoms with Crippen molar-refractivity contribution in [2.24, 2.45) is 5.14 Å². The van der Waals surface area contributed by atoms with E-state index in [0.29, 0.717) is 5.56 Å². The van der Waals surface area contributed by atoms with Crippen LogP contribution in [-0.2, 0) is 10.0 Å². The van der Waals surface area contributed by atoms with Gasteiger partial charge in [0, 0.05) is 5.56 Å². The number of hydrogen-bond donors (Lipinski definition) is 1. The van der Waals surface area contributed by atoms with Crippen LogP contribution in [0.25, 0.3) is 22.3 Å². The lowest BCUT2D eigenvalue weighted by atomic mass is 9.99. The summed E-state index contributed by atoms with van der Waals surface area (Å²) in [6.07, 6.45) is 0. The Hall–Kier alpha value is -2.43. The molecule has 0 radical (unpaired) electrons. The molecule has 3 nitrogen and oxygen atoms in total. The van der Waals surface area contributed by atoms with E-state index in [4.69, 9.17) is 5.14 Å². The predicted octanol–water partition coefficient (Wildman–Crippen LogP) is 3.67. The second-order valence-corrected chi connectivity index (χ2v) is 6.52. The molecule has 0 fully saturated rings. The van der Waals surface area contributed by atoms with Crippen molar-refractivity contribution in [3.63, 3.8) is 0 Å². The van der Waals surface area contributed by atoms with Crippen LogP contribution in [0.3, 0.4) is 0 Å². The van der Waals surface area contributed by atoms with Crippen molar-refractivity contribution in [1.82, 2.24) is 0 Å². The highest BCUT2D eigenvalue weighted by Gasteiger charge is 2.14. The minimum absolute atomic E-state index is 0.139. The van der Waals surface area contributed by atoms with Crippen LogP contribution in [0, 0.1) is 0 Å². The Morgan fingerprint density at radius 2 is 1.23 bits per heavy atom. The molecule has 0 aliphatic heterocycles. The Bertz CT molecular complexity index is 903. The van der Waals surface area contributed by atoms with E-state index < -0.39 is 10.0 Å². The Morgan fingerprint density at radius 1 is 0.636 bits per heavy atom. The van der Waals surface area contributed by atoms with Gasteiger partial charge in [0.1, 0.15) is 0 Å². The first-order valence-corrected chi connectivity index (χ1v) is 8.38. The van der Waals surface area contributed by atoms with Gasteiger partial charge in [0.05, 0.1) is 4.90 Å². The third kappa shape index (κ3) is 2.93. The summed E-state index contributed by atoms with van der Waals surface area (Å²) in [5.41, 5.74) is 3.55. The summed E-state index contributed by atoms with van der Waals surface area (Å²) in [6.45, 7) is 0. The quantitative estimate of drug-likeness (QED) is 0.802. The SMILES string of the molecule is NS(=O)(=O)c1ccccc1-c1cccc(-c2ccccc2)c1. The molecule has 0 unspecified atom stereocenters. The van der Waals surface area contributed by atoms with E-state index in [9.17, 15) is 8.42 Å². The summed E-state index contributed by atoms with van der Waals surface area (Å²) in [5.74, 6) is 0. The number of nitrogens with two attached hydrogens (primary N) is 1. The predicted molar refractivity (Wildman–Crippen MR) is 88.7 cm³/mol. The van der Waals surface area contributed by atoms with Gasteiger partial charge in [-0.05, 0) is 28.8 Å². The van der Waals surface area contributed by atoms with Gasteiger partial charge >= 0.3 is 0 Å². The Morgan fingerprint density at radius 3 is 1.95 bits per heavy atom. The van der Waals surface area contributed by atoms with Crippen LogP contribution in [0.15, 0.2) is 83.8 Å². The van der Waals surface area contributed by atoms with E-state index in [2.05, 4.69) is 0 Å². The van der Waals surface area contributed by atoms with Crippen LogP contribution in [0.4, 0.5) is 0 Å². The van der Waals surface area contributed by atoms with Crippen LogP contribution in [0.5, 0.6) is 0 Å². The van der Waals surface area contributed by atoms with E-state index >= 15 is 0 Å². The van der Waals surface area contributed by atoms with Gasteiger partial charge in [0.25, 0.3) is 0 Å². The van der Waals surface area contributed by atoms with Gasteiger partial charge in [-0.1, -0.05) is 66.7 Å². The minimum atomic E-state index is -3.76. The van der Waals surface area contributed by atoms with E-state index in [1.54, 1.807) is 18.2 Å². The molecule has 22 heavy (non-hydrogen) atoms. The third-order valence-corrected chi connectivity index (χ3v) is 4.44. The molecule has 0 atom stereocenters. The van der Waals surface area contributed by atoms with Crippen LogP contribution in [0.1, 0.15) is 0 Å². The molecule has 3 aromatic rings. The van der Waals surface area contributed by atoms with Gasteiger partial charge in [-0.25, -0.2) is 13.6 Å². The molecule has 0 bridgehead atoms. The maximum atomic E-state index is 11.8. The normalized spacial score (nSPS) is 11.3. The van der Waals surface area contributed by atoms with Crippen LogP contribution in [-0.4, -0.2) is 8.42 Å². The average Bonchev–Trinajstić information content (AvgIpc) is 2.55. The Kier molecular flexibility index (Phi) is 3.79. The fraction of sp³-hybridized carbons (Fsp3) is 0. The smallest absolute Gasteiger partial charge is 0.225 e. The van der Waals surface area contributed by atoms with Gasteiger partial charge in [-0.3, -0.25) is 0 Å². The highest BCUT2D eigenvalue weighted by Crippen LogP contribution is 2.30. The van der Waals surface area contributed by atoms with Crippen molar-refractivity contribution in [3.8, 4) is 22.3 Å². The summed E-state index contributed by atoms with van der Waals surface area (Å²) in [4.78, 5) is 0.139. The molecule has 110 valence electrons. The van der Waals surface area contributed by atoms with Crippen molar-refractivity contribution < 1.29 is 8.42 Å². The molecular formula is C18H15NO2S. The fourth-order valence-corrected chi connectivity index (χ4v) is 3.21. The zero-order valence-corrected chi connectivity index (χ0v) is 12.6. The molecule has 0 amide bonds. The van der Waals surface area contributed by atoms with Crippen LogP contribution >= 0.6 is 0 Å². The summed E-state index contributed by atoms with van der Waals surface area (Å²) >= 11 is 0. The van der Waals surface area contributed by atoms with Crippen molar-refractivity contribution in [2.75, 3.05) is 0 Å². The average molecular weight is 309 g/mol. The van der Waals surface area contributed by atoms with Crippen molar-refractivity contribution >= 4 is 10.0 Å². The number of sulfonamides is 1. The first-order chi connectivity index (χ1) is 10.6. The molecule has 0 heterocycles. The molecule has 0 aliphatic carbocycles.